The number of hydrogen-bond donors (Lipinski definition) is 2. The van der Waals surface area contributed by atoms with Crippen LogP contribution in [0.4, 0.5) is 0 Å². The molecule has 0 fully saturated rings. The average molecular weight is 281 g/mol. The van der Waals surface area contributed by atoms with Crippen molar-refractivity contribution in [2.45, 2.75) is 38.8 Å². The third kappa shape index (κ3) is 7.48. The van der Waals surface area contributed by atoms with Crippen LogP contribution in [-0.2, 0) is 11.2 Å². The highest BCUT2D eigenvalue weighted by molar-refractivity contribution is 5.27. The molecule has 1 aromatic rings. The van der Waals surface area contributed by atoms with E-state index in [0.29, 0.717) is 19.2 Å². The Hall–Kier alpha value is -1.10. The number of methoxy groups -OCH3 is 1. The molecule has 1 atom stereocenters. The zero-order valence-corrected chi connectivity index (χ0v) is 12.8. The van der Waals surface area contributed by atoms with Crippen LogP contribution in [0.3, 0.4) is 0 Å². The number of aryl methyl sites for hydroxylation is 1. The Morgan fingerprint density at radius 2 is 1.90 bits per heavy atom. The van der Waals surface area contributed by atoms with Gasteiger partial charge < -0.3 is 19.9 Å². The van der Waals surface area contributed by atoms with Gasteiger partial charge in [-0.25, -0.2) is 0 Å². The van der Waals surface area contributed by atoms with Gasteiger partial charge in [0.1, 0.15) is 18.5 Å². The van der Waals surface area contributed by atoms with Crippen molar-refractivity contribution in [1.29, 1.82) is 0 Å². The molecule has 1 rings (SSSR count). The van der Waals surface area contributed by atoms with E-state index in [1.165, 1.54) is 5.56 Å². The molecule has 1 unspecified atom stereocenters. The molecule has 0 heterocycles. The molecule has 0 aliphatic carbocycles. The van der Waals surface area contributed by atoms with Crippen molar-refractivity contribution < 1.29 is 14.6 Å². The van der Waals surface area contributed by atoms with Gasteiger partial charge in [0.2, 0.25) is 0 Å². The summed E-state index contributed by atoms with van der Waals surface area (Å²) in [6, 6.07) is 8.39. The molecule has 114 valence electrons. The first-order valence-corrected chi connectivity index (χ1v) is 7.24. The number of aliphatic hydroxyl groups excluding tert-OH is 1. The molecule has 0 saturated heterocycles. The number of benzene rings is 1. The molecule has 0 aliphatic heterocycles. The van der Waals surface area contributed by atoms with Crippen LogP contribution in [-0.4, -0.2) is 44.1 Å². The molecule has 4 nitrogen and oxygen atoms in total. The van der Waals surface area contributed by atoms with Crippen LogP contribution in [0.2, 0.25) is 0 Å². The van der Waals surface area contributed by atoms with E-state index in [1.807, 2.05) is 12.1 Å². The largest absolute Gasteiger partial charge is 0.491 e. The molecule has 20 heavy (non-hydrogen) atoms. The highest BCUT2D eigenvalue weighted by Crippen LogP contribution is 2.13. The van der Waals surface area contributed by atoms with E-state index < -0.39 is 6.10 Å². The maximum absolute atomic E-state index is 9.76. The molecule has 0 spiro atoms. The quantitative estimate of drug-likeness (QED) is 0.644. The molecule has 0 aromatic heterocycles. The normalized spacial score (nSPS) is 12.7. The third-order valence-corrected chi connectivity index (χ3v) is 2.94. The van der Waals surface area contributed by atoms with Gasteiger partial charge in [-0.1, -0.05) is 26.0 Å². The first-order chi connectivity index (χ1) is 9.61. The second-order valence-electron chi connectivity index (χ2n) is 5.27. The number of hydrogen-bond acceptors (Lipinski definition) is 4. The summed E-state index contributed by atoms with van der Waals surface area (Å²) in [5.74, 6) is 0.795. The van der Waals surface area contributed by atoms with Gasteiger partial charge in [-0.2, -0.15) is 0 Å². The zero-order chi connectivity index (χ0) is 14.8. The summed E-state index contributed by atoms with van der Waals surface area (Å²) in [5.41, 5.74) is 1.27. The van der Waals surface area contributed by atoms with Crippen LogP contribution in [0.25, 0.3) is 0 Å². The van der Waals surface area contributed by atoms with Gasteiger partial charge in [-0.3, -0.25) is 0 Å². The Labute approximate surface area is 122 Å². The van der Waals surface area contributed by atoms with Crippen LogP contribution >= 0.6 is 0 Å². The predicted molar refractivity (Wildman–Crippen MR) is 81.3 cm³/mol. The van der Waals surface area contributed by atoms with Crippen molar-refractivity contribution >= 4 is 0 Å². The van der Waals surface area contributed by atoms with Crippen LogP contribution in [0.1, 0.15) is 25.8 Å². The van der Waals surface area contributed by atoms with E-state index in [9.17, 15) is 5.11 Å². The molecule has 0 aliphatic rings. The molecular formula is C16H27NO3. The van der Waals surface area contributed by atoms with Crippen LogP contribution in [0.5, 0.6) is 5.75 Å². The Balaban J connectivity index is 2.27. The lowest BCUT2D eigenvalue weighted by Crippen LogP contribution is -2.35. The van der Waals surface area contributed by atoms with Crippen molar-refractivity contribution in [3.05, 3.63) is 29.8 Å². The zero-order valence-electron chi connectivity index (χ0n) is 12.8. The summed E-state index contributed by atoms with van der Waals surface area (Å²) in [6.45, 7) is 5.74. The van der Waals surface area contributed by atoms with E-state index in [2.05, 4.69) is 31.3 Å². The molecule has 1 aromatic carbocycles. The monoisotopic (exact) mass is 281 g/mol. The van der Waals surface area contributed by atoms with Gasteiger partial charge in [-0.15, -0.1) is 0 Å². The van der Waals surface area contributed by atoms with E-state index >= 15 is 0 Å². The summed E-state index contributed by atoms with van der Waals surface area (Å²) in [7, 11) is 1.72. The van der Waals surface area contributed by atoms with Gasteiger partial charge in [0, 0.05) is 26.3 Å². The Morgan fingerprint density at radius 1 is 1.20 bits per heavy atom. The van der Waals surface area contributed by atoms with Crippen molar-refractivity contribution in [3.63, 3.8) is 0 Å². The standard InChI is InChI=1S/C16H27NO3/c1-13(2)17-11-15(18)12-20-16-8-6-14(7-9-16)5-4-10-19-3/h6-9,13,15,17-18H,4-5,10-12H2,1-3H3. The third-order valence-electron chi connectivity index (χ3n) is 2.94. The Kier molecular flexibility index (Phi) is 8.26. The minimum atomic E-state index is -0.487. The highest BCUT2D eigenvalue weighted by Gasteiger charge is 2.06. The van der Waals surface area contributed by atoms with Crippen molar-refractivity contribution in [2.75, 3.05) is 26.9 Å². The summed E-state index contributed by atoms with van der Waals surface area (Å²) < 4.78 is 10.6. The highest BCUT2D eigenvalue weighted by atomic mass is 16.5. The summed E-state index contributed by atoms with van der Waals surface area (Å²) in [6.07, 6.45) is 1.55. The van der Waals surface area contributed by atoms with E-state index in [4.69, 9.17) is 9.47 Å². The van der Waals surface area contributed by atoms with Gasteiger partial charge in [0.15, 0.2) is 0 Å². The van der Waals surface area contributed by atoms with Crippen LogP contribution in [0, 0.1) is 0 Å². The minimum absolute atomic E-state index is 0.308. The van der Waals surface area contributed by atoms with E-state index in [-0.39, 0.29) is 0 Å². The Bertz CT molecular complexity index is 351. The molecule has 0 saturated carbocycles. The number of rotatable bonds is 10. The first-order valence-electron chi connectivity index (χ1n) is 7.24. The molecule has 0 radical (unpaired) electrons. The van der Waals surface area contributed by atoms with Gasteiger partial charge >= 0.3 is 0 Å². The SMILES string of the molecule is COCCCc1ccc(OCC(O)CNC(C)C)cc1. The van der Waals surface area contributed by atoms with Crippen molar-refractivity contribution in [3.8, 4) is 5.75 Å². The summed E-state index contributed by atoms with van der Waals surface area (Å²) >= 11 is 0. The molecule has 2 N–H and O–H groups in total. The lowest BCUT2D eigenvalue weighted by molar-refractivity contribution is 0.104. The van der Waals surface area contributed by atoms with Crippen LogP contribution in [0.15, 0.2) is 24.3 Å². The molecular weight excluding hydrogens is 254 g/mol. The van der Waals surface area contributed by atoms with Gasteiger partial charge in [0.05, 0.1) is 0 Å². The summed E-state index contributed by atoms with van der Waals surface area (Å²) in [5, 5.41) is 12.9. The lowest BCUT2D eigenvalue weighted by Gasteiger charge is -2.15. The first kappa shape index (κ1) is 17.0. The van der Waals surface area contributed by atoms with Gasteiger partial charge in [0.25, 0.3) is 0 Å². The minimum Gasteiger partial charge on any atom is -0.491 e. The summed E-state index contributed by atoms with van der Waals surface area (Å²) in [4.78, 5) is 0. The number of nitrogens with one attached hydrogen (secondary N) is 1. The van der Waals surface area contributed by atoms with Gasteiger partial charge in [-0.05, 0) is 30.5 Å². The van der Waals surface area contributed by atoms with Crippen LogP contribution < -0.4 is 10.1 Å². The Morgan fingerprint density at radius 3 is 2.50 bits per heavy atom. The molecule has 0 bridgehead atoms. The van der Waals surface area contributed by atoms with E-state index in [1.54, 1.807) is 7.11 Å². The fraction of sp³-hybridized carbons (Fsp3) is 0.625. The topological polar surface area (TPSA) is 50.7 Å². The second-order valence-corrected chi connectivity index (χ2v) is 5.27. The maximum atomic E-state index is 9.76. The number of aliphatic hydroxyl groups is 1. The fourth-order valence-corrected chi connectivity index (χ4v) is 1.80. The number of ether oxygens (including phenoxy) is 2. The smallest absolute Gasteiger partial charge is 0.119 e. The molecule has 4 heteroatoms. The van der Waals surface area contributed by atoms with Crippen molar-refractivity contribution in [2.24, 2.45) is 0 Å². The predicted octanol–water partition coefficient (Wildman–Crippen LogP) is 2.00. The fourth-order valence-electron chi connectivity index (χ4n) is 1.80. The van der Waals surface area contributed by atoms with Crippen molar-refractivity contribution in [1.82, 2.24) is 5.32 Å². The molecule has 0 amide bonds. The average Bonchev–Trinajstić information content (AvgIpc) is 2.44. The lowest BCUT2D eigenvalue weighted by atomic mass is 10.1. The maximum Gasteiger partial charge on any atom is 0.119 e. The second kappa shape index (κ2) is 9.75. The van der Waals surface area contributed by atoms with E-state index in [0.717, 1.165) is 25.2 Å².